The summed E-state index contributed by atoms with van der Waals surface area (Å²) in [5, 5.41) is 10.9. The fraction of sp³-hybridized carbons (Fsp3) is 0.581. The van der Waals surface area contributed by atoms with Crippen molar-refractivity contribution in [2.45, 2.75) is 78.6 Å². The average Bonchev–Trinajstić information content (AvgIpc) is 2.92. The molecule has 1 amide bonds. The molecule has 0 aliphatic rings. The second-order valence-electron chi connectivity index (χ2n) is 11.0. The molecule has 41 heavy (non-hydrogen) atoms. The molecule has 0 spiro atoms. The molecular weight excluding hydrogens is 545 g/mol. The monoisotopic (exact) mass is 593 g/mol. The zero-order chi connectivity index (χ0) is 30.4. The summed E-state index contributed by atoms with van der Waals surface area (Å²) >= 11 is 0. The van der Waals surface area contributed by atoms with Crippen LogP contribution in [0.5, 0.6) is 5.75 Å². The maximum Gasteiger partial charge on any atom is 0.223 e. The summed E-state index contributed by atoms with van der Waals surface area (Å²) in [7, 11) is -3.57. The molecule has 3 N–H and O–H groups in total. The van der Waals surface area contributed by atoms with Gasteiger partial charge in [0.1, 0.15) is 18.2 Å². The Bertz CT molecular complexity index is 1160. The molecule has 0 radical (unpaired) electrons. The lowest BCUT2D eigenvalue weighted by molar-refractivity contribution is -0.132. The molecule has 0 aliphatic carbocycles. The highest BCUT2D eigenvalue weighted by Crippen LogP contribution is 2.20. The summed E-state index contributed by atoms with van der Waals surface area (Å²) in [6, 6.07) is 13.1. The fourth-order valence-electron chi connectivity index (χ4n) is 4.46. The van der Waals surface area contributed by atoms with Crippen molar-refractivity contribution in [3.8, 4) is 5.75 Å². The summed E-state index contributed by atoms with van der Waals surface area (Å²) in [5.74, 6) is -0.411. The van der Waals surface area contributed by atoms with Gasteiger partial charge in [0, 0.05) is 44.7 Å². The Morgan fingerprint density at radius 1 is 1.02 bits per heavy atom. The molecule has 0 bridgehead atoms. The van der Waals surface area contributed by atoms with Crippen LogP contribution >= 0.6 is 0 Å². The molecule has 0 aliphatic heterocycles. The lowest BCUT2D eigenvalue weighted by Crippen LogP contribution is -2.47. The number of benzene rings is 2. The van der Waals surface area contributed by atoms with E-state index in [1.165, 1.54) is 21.3 Å². The molecule has 230 valence electrons. The Hall–Kier alpha value is -2.53. The normalized spacial score (nSPS) is 13.4. The number of rotatable bonds is 19. The van der Waals surface area contributed by atoms with Crippen LogP contribution in [0.25, 0.3) is 0 Å². The summed E-state index contributed by atoms with van der Waals surface area (Å²) in [6.07, 6.45) is 1.01. The predicted octanol–water partition coefficient (Wildman–Crippen LogP) is 4.35. The molecule has 0 saturated carbocycles. The van der Waals surface area contributed by atoms with Crippen LogP contribution in [0.4, 0.5) is 4.39 Å². The Morgan fingerprint density at radius 2 is 1.68 bits per heavy atom. The van der Waals surface area contributed by atoms with E-state index in [-0.39, 0.29) is 37.7 Å². The number of halogens is 1. The summed E-state index contributed by atoms with van der Waals surface area (Å²) in [6.45, 7) is 9.39. The Kier molecular flexibility index (Phi) is 14.7. The number of carbonyl (C=O) groups is 1. The lowest BCUT2D eigenvalue weighted by atomic mass is 10.0. The standard InChI is InChI=1S/C31H48FN3O5S/c1-5-14-35(15-6-2)41(38,39)17-13-31(37)34(16-12-24(3)4)22-30(36)29(33)20-26-18-27(32)21-28(19-26)40-23-25-10-8-7-9-11-25/h7-11,18-19,21,24,29-30,36H,5-6,12-17,20,22-23,33H2,1-4H3/t29-,30+/m0/s1. The summed E-state index contributed by atoms with van der Waals surface area (Å²) in [4.78, 5) is 14.7. The number of amides is 1. The van der Waals surface area contributed by atoms with Gasteiger partial charge >= 0.3 is 0 Å². The third-order valence-electron chi connectivity index (χ3n) is 6.79. The van der Waals surface area contributed by atoms with E-state index in [4.69, 9.17) is 10.5 Å². The topological polar surface area (TPSA) is 113 Å². The Labute approximate surface area is 245 Å². The third-order valence-corrected chi connectivity index (χ3v) is 8.67. The summed E-state index contributed by atoms with van der Waals surface area (Å²) < 4.78 is 47.3. The molecule has 10 heteroatoms. The van der Waals surface area contributed by atoms with E-state index in [9.17, 15) is 22.7 Å². The van der Waals surface area contributed by atoms with Crippen molar-refractivity contribution in [1.82, 2.24) is 9.21 Å². The van der Waals surface area contributed by atoms with Gasteiger partial charge < -0.3 is 20.5 Å². The molecule has 0 saturated heterocycles. The molecular formula is C31H48FN3O5S. The van der Waals surface area contributed by atoms with Gasteiger partial charge in [-0.1, -0.05) is 58.0 Å². The predicted molar refractivity (Wildman–Crippen MR) is 161 cm³/mol. The molecule has 2 rings (SSSR count). The van der Waals surface area contributed by atoms with Crippen molar-refractivity contribution in [1.29, 1.82) is 0 Å². The van der Waals surface area contributed by atoms with E-state index in [0.717, 1.165) is 5.56 Å². The van der Waals surface area contributed by atoms with E-state index < -0.39 is 28.0 Å². The number of ether oxygens (including phenoxy) is 1. The molecule has 0 unspecified atom stereocenters. The Morgan fingerprint density at radius 3 is 2.29 bits per heavy atom. The van der Waals surface area contributed by atoms with Crippen LogP contribution < -0.4 is 10.5 Å². The van der Waals surface area contributed by atoms with E-state index in [2.05, 4.69) is 0 Å². The average molecular weight is 594 g/mol. The fourth-order valence-corrected chi connectivity index (χ4v) is 6.07. The minimum Gasteiger partial charge on any atom is -0.489 e. The third kappa shape index (κ3) is 12.5. The maximum absolute atomic E-state index is 14.3. The van der Waals surface area contributed by atoms with Crippen LogP contribution in [0.3, 0.4) is 0 Å². The smallest absolute Gasteiger partial charge is 0.223 e. The van der Waals surface area contributed by atoms with E-state index in [1.54, 1.807) is 6.07 Å². The number of nitrogens with zero attached hydrogens (tertiary/aromatic N) is 2. The first-order valence-electron chi connectivity index (χ1n) is 14.6. The van der Waals surface area contributed by atoms with Crippen molar-refractivity contribution in [3.63, 3.8) is 0 Å². The number of aliphatic hydroxyl groups excluding tert-OH is 1. The van der Waals surface area contributed by atoms with Gasteiger partial charge in [0.15, 0.2) is 0 Å². The van der Waals surface area contributed by atoms with Gasteiger partial charge in [0.2, 0.25) is 15.9 Å². The van der Waals surface area contributed by atoms with Gasteiger partial charge in [0.25, 0.3) is 0 Å². The van der Waals surface area contributed by atoms with Crippen molar-refractivity contribution in [3.05, 3.63) is 65.5 Å². The van der Waals surface area contributed by atoms with Gasteiger partial charge in [-0.25, -0.2) is 17.1 Å². The highest BCUT2D eigenvalue weighted by molar-refractivity contribution is 7.89. The number of nitrogens with two attached hydrogens (primary N) is 1. The van der Waals surface area contributed by atoms with Crippen LogP contribution in [0.15, 0.2) is 48.5 Å². The molecule has 0 fully saturated rings. The first kappa shape index (κ1) is 34.7. The molecule has 2 aromatic rings. The van der Waals surface area contributed by atoms with Crippen LogP contribution in [0, 0.1) is 11.7 Å². The number of hydrogen-bond donors (Lipinski definition) is 2. The zero-order valence-electron chi connectivity index (χ0n) is 25.0. The number of carbonyl (C=O) groups excluding carboxylic acids is 1. The summed E-state index contributed by atoms with van der Waals surface area (Å²) in [5.41, 5.74) is 7.83. The van der Waals surface area contributed by atoms with Crippen LogP contribution in [-0.4, -0.2) is 72.7 Å². The minimum absolute atomic E-state index is 0.0346. The van der Waals surface area contributed by atoms with Crippen LogP contribution in [0.1, 0.15) is 64.5 Å². The number of aliphatic hydroxyl groups is 1. The Balaban J connectivity index is 2.04. The number of hydrogen-bond acceptors (Lipinski definition) is 6. The molecule has 8 nitrogen and oxygen atoms in total. The van der Waals surface area contributed by atoms with Crippen molar-refractivity contribution in [2.24, 2.45) is 11.7 Å². The first-order valence-corrected chi connectivity index (χ1v) is 16.2. The zero-order valence-corrected chi connectivity index (χ0v) is 25.8. The number of sulfonamides is 1. The van der Waals surface area contributed by atoms with Gasteiger partial charge in [-0.3, -0.25) is 4.79 Å². The van der Waals surface area contributed by atoms with E-state index in [0.29, 0.717) is 56.1 Å². The molecule has 0 heterocycles. The SMILES string of the molecule is CCCN(CCC)S(=O)(=O)CCC(=O)N(CCC(C)C)C[C@@H](O)[C@@H](N)Cc1cc(F)cc(OCc2ccccc2)c1. The van der Waals surface area contributed by atoms with E-state index >= 15 is 0 Å². The highest BCUT2D eigenvalue weighted by atomic mass is 32.2. The quantitative estimate of drug-likeness (QED) is 0.250. The molecule has 0 aromatic heterocycles. The van der Waals surface area contributed by atoms with Gasteiger partial charge in [-0.15, -0.1) is 0 Å². The minimum atomic E-state index is -3.57. The van der Waals surface area contributed by atoms with E-state index in [1.807, 2.05) is 58.0 Å². The van der Waals surface area contributed by atoms with Crippen molar-refractivity contribution in [2.75, 3.05) is 31.9 Å². The lowest BCUT2D eigenvalue weighted by Gasteiger charge is -2.29. The maximum atomic E-state index is 14.3. The van der Waals surface area contributed by atoms with Gasteiger partial charge in [0.05, 0.1) is 11.9 Å². The molecule has 2 aromatic carbocycles. The van der Waals surface area contributed by atoms with Crippen molar-refractivity contribution < 1.29 is 27.4 Å². The van der Waals surface area contributed by atoms with Crippen LogP contribution in [0.2, 0.25) is 0 Å². The molecule has 2 atom stereocenters. The van der Waals surface area contributed by atoms with Crippen LogP contribution in [-0.2, 0) is 27.8 Å². The largest absolute Gasteiger partial charge is 0.489 e. The van der Waals surface area contributed by atoms with Gasteiger partial charge in [-0.05, 0) is 54.9 Å². The first-order chi connectivity index (χ1) is 19.4. The highest BCUT2D eigenvalue weighted by Gasteiger charge is 2.26. The van der Waals surface area contributed by atoms with Crippen molar-refractivity contribution >= 4 is 15.9 Å². The second kappa shape index (κ2) is 17.4. The van der Waals surface area contributed by atoms with Gasteiger partial charge in [-0.2, -0.15) is 0 Å². The second-order valence-corrected chi connectivity index (χ2v) is 13.1.